The minimum absolute atomic E-state index is 0.00763. The van der Waals surface area contributed by atoms with E-state index in [1.807, 2.05) is 18.4 Å². The lowest BCUT2D eigenvalue weighted by atomic mass is 10.1. The number of ether oxygens (including phenoxy) is 2. The molecule has 6 nitrogen and oxygen atoms in total. The summed E-state index contributed by atoms with van der Waals surface area (Å²) in [5, 5.41) is 8.60. The third-order valence-corrected chi connectivity index (χ3v) is 4.61. The second-order valence-electron chi connectivity index (χ2n) is 5.12. The van der Waals surface area contributed by atoms with Gasteiger partial charge in [-0.1, -0.05) is 17.8 Å². The number of benzene rings is 1. The van der Waals surface area contributed by atoms with Gasteiger partial charge in [-0.15, -0.1) is 16.8 Å². The van der Waals surface area contributed by atoms with E-state index in [9.17, 15) is 4.79 Å². The molecule has 2 aromatic rings. The predicted octanol–water partition coefficient (Wildman–Crippen LogP) is 3.15. The molecule has 0 fully saturated rings. The minimum atomic E-state index is -0.310. The van der Waals surface area contributed by atoms with E-state index in [0.29, 0.717) is 28.8 Å². The largest absolute Gasteiger partial charge is 0.493 e. The van der Waals surface area contributed by atoms with Crippen molar-refractivity contribution in [3.63, 3.8) is 0 Å². The molecule has 7 heteroatoms. The zero-order valence-corrected chi connectivity index (χ0v) is 15.1. The first kappa shape index (κ1) is 18.1. The molecule has 1 atom stereocenters. The summed E-state index contributed by atoms with van der Waals surface area (Å²) in [6.07, 6.45) is 1.78. The van der Waals surface area contributed by atoms with Crippen LogP contribution in [0.3, 0.4) is 0 Å². The van der Waals surface area contributed by atoms with E-state index in [0.717, 1.165) is 5.82 Å². The Morgan fingerprint density at radius 3 is 2.67 bits per heavy atom. The number of thioether (sulfide) groups is 1. The van der Waals surface area contributed by atoms with Crippen LogP contribution in [0.1, 0.15) is 23.1 Å². The van der Waals surface area contributed by atoms with Crippen LogP contribution >= 0.6 is 11.8 Å². The van der Waals surface area contributed by atoms with E-state index in [1.54, 1.807) is 38.5 Å². The molecule has 1 aromatic heterocycles. The van der Waals surface area contributed by atoms with Crippen LogP contribution in [-0.2, 0) is 6.54 Å². The summed E-state index contributed by atoms with van der Waals surface area (Å²) in [7, 11) is 3.11. The topological polar surface area (TPSA) is 66.2 Å². The van der Waals surface area contributed by atoms with Crippen LogP contribution in [0.4, 0.5) is 0 Å². The first-order valence-corrected chi connectivity index (χ1v) is 8.33. The number of hydrogen-bond donors (Lipinski definition) is 0. The Labute approximate surface area is 145 Å². The van der Waals surface area contributed by atoms with Crippen molar-refractivity contribution in [2.45, 2.75) is 30.8 Å². The molecule has 128 valence electrons. The predicted molar refractivity (Wildman–Crippen MR) is 94.2 cm³/mol. The van der Waals surface area contributed by atoms with E-state index in [4.69, 9.17) is 9.47 Å². The Morgan fingerprint density at radius 2 is 2.04 bits per heavy atom. The molecule has 0 aliphatic carbocycles. The van der Waals surface area contributed by atoms with Gasteiger partial charge < -0.3 is 14.0 Å². The fraction of sp³-hybridized carbons (Fsp3) is 0.353. The highest BCUT2D eigenvalue weighted by molar-refractivity contribution is 8.00. The van der Waals surface area contributed by atoms with E-state index in [1.165, 1.54) is 11.8 Å². The third-order valence-electron chi connectivity index (χ3n) is 3.53. The minimum Gasteiger partial charge on any atom is -0.493 e. The number of Topliss-reactive ketones (excluding diaryl/α,β-unsaturated/α-hetero) is 1. The molecular weight excluding hydrogens is 326 g/mol. The lowest BCUT2D eigenvalue weighted by molar-refractivity contribution is 0.0993. The van der Waals surface area contributed by atoms with Crippen molar-refractivity contribution in [2.24, 2.45) is 0 Å². The SMILES string of the molecule is C=CCn1c(C)nnc1S[C@H](C)C(=O)c1ccc(OC)c(OC)c1. The lowest BCUT2D eigenvalue weighted by Gasteiger charge is -2.13. The maximum atomic E-state index is 12.7. The number of aryl methyl sites for hydroxylation is 1. The number of allylic oxidation sites excluding steroid dienone is 1. The first-order valence-electron chi connectivity index (χ1n) is 7.45. The van der Waals surface area contributed by atoms with Gasteiger partial charge in [-0.3, -0.25) is 4.79 Å². The van der Waals surface area contributed by atoms with Crippen LogP contribution < -0.4 is 9.47 Å². The highest BCUT2D eigenvalue weighted by Crippen LogP contribution is 2.30. The summed E-state index contributed by atoms with van der Waals surface area (Å²) >= 11 is 1.38. The number of carbonyl (C=O) groups is 1. The van der Waals surface area contributed by atoms with E-state index < -0.39 is 0 Å². The summed E-state index contributed by atoms with van der Waals surface area (Å²) in [6, 6.07) is 5.16. The highest BCUT2D eigenvalue weighted by Gasteiger charge is 2.21. The van der Waals surface area contributed by atoms with Crippen molar-refractivity contribution in [2.75, 3.05) is 14.2 Å². The Kier molecular flexibility index (Phi) is 6.03. The summed E-state index contributed by atoms with van der Waals surface area (Å²) in [4.78, 5) is 12.7. The summed E-state index contributed by atoms with van der Waals surface area (Å²) in [5.74, 6) is 1.91. The molecule has 0 saturated carbocycles. The average Bonchev–Trinajstić information content (AvgIpc) is 2.94. The first-order chi connectivity index (χ1) is 11.5. The zero-order chi connectivity index (χ0) is 17.7. The van der Waals surface area contributed by atoms with Gasteiger partial charge in [-0.25, -0.2) is 0 Å². The zero-order valence-electron chi connectivity index (χ0n) is 14.3. The normalized spacial score (nSPS) is 11.8. The van der Waals surface area contributed by atoms with Crippen LogP contribution in [0.5, 0.6) is 11.5 Å². The van der Waals surface area contributed by atoms with E-state index in [-0.39, 0.29) is 11.0 Å². The average molecular weight is 347 g/mol. The highest BCUT2D eigenvalue weighted by atomic mass is 32.2. The quantitative estimate of drug-likeness (QED) is 0.415. The number of aromatic nitrogens is 3. The van der Waals surface area contributed by atoms with Gasteiger partial charge >= 0.3 is 0 Å². The van der Waals surface area contributed by atoms with E-state index in [2.05, 4.69) is 16.8 Å². The number of carbonyl (C=O) groups excluding carboxylic acids is 1. The number of hydrogen-bond acceptors (Lipinski definition) is 6. The van der Waals surface area contributed by atoms with Crippen LogP contribution in [0.15, 0.2) is 36.0 Å². The fourth-order valence-corrected chi connectivity index (χ4v) is 3.21. The van der Waals surface area contributed by atoms with Gasteiger partial charge in [-0.2, -0.15) is 0 Å². The second kappa shape index (κ2) is 8.01. The Bertz CT molecular complexity index is 743. The van der Waals surface area contributed by atoms with Crippen LogP contribution in [0, 0.1) is 6.92 Å². The Hall–Kier alpha value is -2.28. The van der Waals surface area contributed by atoms with Gasteiger partial charge in [-0.05, 0) is 32.0 Å². The van der Waals surface area contributed by atoms with Crippen LogP contribution in [0.2, 0.25) is 0 Å². The van der Waals surface area contributed by atoms with Crippen LogP contribution in [-0.4, -0.2) is 40.0 Å². The molecule has 0 aliphatic heterocycles. The maximum absolute atomic E-state index is 12.7. The second-order valence-corrected chi connectivity index (χ2v) is 6.43. The molecule has 0 spiro atoms. The molecule has 1 heterocycles. The smallest absolute Gasteiger partial charge is 0.192 e. The van der Waals surface area contributed by atoms with Gasteiger partial charge in [0.15, 0.2) is 22.4 Å². The molecule has 2 rings (SSSR count). The molecule has 0 amide bonds. The number of ketones is 1. The summed E-state index contributed by atoms with van der Waals surface area (Å²) in [6.45, 7) is 8.08. The van der Waals surface area contributed by atoms with Gasteiger partial charge in [0.1, 0.15) is 5.82 Å². The Balaban J connectivity index is 2.19. The summed E-state index contributed by atoms with van der Waals surface area (Å²) in [5.41, 5.74) is 0.569. The molecular formula is C17H21N3O3S. The van der Waals surface area contributed by atoms with E-state index >= 15 is 0 Å². The molecule has 1 aromatic carbocycles. The van der Waals surface area contributed by atoms with Crippen molar-refractivity contribution in [1.82, 2.24) is 14.8 Å². The third kappa shape index (κ3) is 3.79. The van der Waals surface area contributed by atoms with Gasteiger partial charge in [0.2, 0.25) is 0 Å². The molecule has 0 N–H and O–H groups in total. The van der Waals surface area contributed by atoms with Gasteiger partial charge in [0, 0.05) is 12.1 Å². The molecule has 0 unspecified atom stereocenters. The molecule has 0 saturated heterocycles. The standard InChI is InChI=1S/C17H21N3O3S/c1-6-9-20-12(3)18-19-17(20)24-11(2)16(21)13-7-8-14(22-4)15(10-13)23-5/h6-8,10-11H,1,9H2,2-5H3/t11-/m1/s1. The molecule has 0 aliphatic rings. The van der Waals surface area contributed by atoms with Gasteiger partial charge in [0.05, 0.1) is 19.5 Å². The summed E-state index contributed by atoms with van der Waals surface area (Å²) < 4.78 is 12.4. The molecule has 24 heavy (non-hydrogen) atoms. The number of nitrogens with zero attached hydrogens (tertiary/aromatic N) is 3. The molecule has 0 radical (unpaired) electrons. The molecule has 0 bridgehead atoms. The van der Waals surface area contributed by atoms with Crippen molar-refractivity contribution >= 4 is 17.5 Å². The van der Waals surface area contributed by atoms with Crippen molar-refractivity contribution in [1.29, 1.82) is 0 Å². The fourth-order valence-electron chi connectivity index (χ4n) is 2.22. The lowest BCUT2D eigenvalue weighted by Crippen LogP contribution is -2.15. The van der Waals surface area contributed by atoms with Gasteiger partial charge in [0.25, 0.3) is 0 Å². The monoisotopic (exact) mass is 347 g/mol. The van der Waals surface area contributed by atoms with Crippen LogP contribution in [0.25, 0.3) is 0 Å². The Morgan fingerprint density at radius 1 is 1.33 bits per heavy atom. The van der Waals surface area contributed by atoms with Crippen molar-refractivity contribution in [3.05, 3.63) is 42.2 Å². The maximum Gasteiger partial charge on any atom is 0.192 e. The van der Waals surface area contributed by atoms with Crippen molar-refractivity contribution < 1.29 is 14.3 Å². The number of methoxy groups -OCH3 is 2. The number of rotatable bonds is 8. The van der Waals surface area contributed by atoms with Crippen molar-refractivity contribution in [3.8, 4) is 11.5 Å².